The molecule has 1 aliphatic heterocycles. The Morgan fingerprint density at radius 3 is 3.00 bits per heavy atom. The average molecular weight is 339 g/mol. The number of halogens is 1. The van der Waals surface area contributed by atoms with Gasteiger partial charge in [0.1, 0.15) is 5.82 Å². The number of aromatic amines is 1. The zero-order valence-electron chi connectivity index (χ0n) is 13.2. The van der Waals surface area contributed by atoms with Crippen LogP contribution in [0.2, 0.25) is 0 Å². The quantitative estimate of drug-likeness (QED) is 0.879. The van der Waals surface area contributed by atoms with Crippen LogP contribution in [0.15, 0.2) is 24.4 Å². The Morgan fingerprint density at radius 2 is 2.22 bits per heavy atom. The number of fused-ring (bicyclic) bond motifs is 1. The zero-order valence-corrected chi connectivity index (χ0v) is 14.0. The van der Waals surface area contributed by atoms with Crippen LogP contribution in [0.3, 0.4) is 0 Å². The smallest absolute Gasteiger partial charge is 0.279 e. The van der Waals surface area contributed by atoms with Gasteiger partial charge in [0.25, 0.3) is 10.2 Å². The molecule has 1 atom stereocenters. The van der Waals surface area contributed by atoms with Gasteiger partial charge >= 0.3 is 0 Å². The summed E-state index contributed by atoms with van der Waals surface area (Å²) in [6, 6.07) is 4.61. The van der Waals surface area contributed by atoms with Gasteiger partial charge in [0.2, 0.25) is 0 Å². The molecule has 1 saturated heterocycles. The van der Waals surface area contributed by atoms with E-state index in [4.69, 9.17) is 0 Å². The lowest BCUT2D eigenvalue weighted by Crippen LogP contribution is -2.48. The first-order valence-corrected chi connectivity index (χ1v) is 9.43. The number of rotatable bonds is 5. The van der Waals surface area contributed by atoms with Crippen molar-refractivity contribution < 1.29 is 12.8 Å². The zero-order chi connectivity index (χ0) is 16.4. The van der Waals surface area contributed by atoms with Gasteiger partial charge in [-0.25, -0.2) is 9.11 Å². The number of H-pyrrole nitrogens is 1. The van der Waals surface area contributed by atoms with Crippen molar-refractivity contribution in [1.29, 1.82) is 0 Å². The van der Waals surface area contributed by atoms with E-state index in [9.17, 15) is 12.8 Å². The number of nitrogens with one attached hydrogen (secondary N) is 2. The summed E-state index contributed by atoms with van der Waals surface area (Å²) in [5.74, 6) is -0.291. The minimum atomic E-state index is -3.45. The number of piperidine rings is 1. The average Bonchev–Trinajstić information content (AvgIpc) is 2.90. The Morgan fingerprint density at radius 1 is 1.39 bits per heavy atom. The van der Waals surface area contributed by atoms with Crippen LogP contribution in [0.1, 0.15) is 31.7 Å². The molecule has 126 valence electrons. The third-order valence-corrected chi connectivity index (χ3v) is 6.19. The van der Waals surface area contributed by atoms with Gasteiger partial charge < -0.3 is 4.98 Å². The van der Waals surface area contributed by atoms with Crippen molar-refractivity contribution in [3.8, 4) is 0 Å². The fourth-order valence-corrected chi connectivity index (χ4v) is 4.66. The Balaban J connectivity index is 1.65. The first-order chi connectivity index (χ1) is 11.0. The Bertz CT molecular complexity index is 788. The summed E-state index contributed by atoms with van der Waals surface area (Å²) in [6.07, 6.45) is 5.22. The minimum Gasteiger partial charge on any atom is -0.361 e. The highest BCUT2D eigenvalue weighted by molar-refractivity contribution is 7.87. The molecule has 0 bridgehead atoms. The van der Waals surface area contributed by atoms with Crippen LogP contribution in [0.5, 0.6) is 0 Å². The van der Waals surface area contributed by atoms with Crippen molar-refractivity contribution in [2.45, 2.75) is 38.6 Å². The minimum absolute atomic E-state index is 0.0448. The Kier molecular flexibility index (Phi) is 4.70. The molecule has 3 rings (SSSR count). The maximum absolute atomic E-state index is 13.4. The van der Waals surface area contributed by atoms with Crippen molar-refractivity contribution in [2.75, 3.05) is 13.1 Å². The summed E-state index contributed by atoms with van der Waals surface area (Å²) in [5.41, 5.74) is 1.77. The second-order valence-corrected chi connectivity index (χ2v) is 7.82. The van der Waals surface area contributed by atoms with Crippen molar-refractivity contribution in [3.05, 3.63) is 35.8 Å². The van der Waals surface area contributed by atoms with Crippen molar-refractivity contribution in [2.24, 2.45) is 0 Å². The van der Waals surface area contributed by atoms with Gasteiger partial charge in [-0.05, 0) is 49.9 Å². The van der Waals surface area contributed by atoms with Crippen molar-refractivity contribution >= 4 is 21.1 Å². The van der Waals surface area contributed by atoms with Crippen LogP contribution in [-0.2, 0) is 16.6 Å². The first-order valence-electron chi connectivity index (χ1n) is 7.99. The number of nitrogens with zero attached hydrogens (tertiary/aromatic N) is 1. The highest BCUT2D eigenvalue weighted by atomic mass is 32.2. The van der Waals surface area contributed by atoms with Gasteiger partial charge in [0.15, 0.2) is 0 Å². The maximum atomic E-state index is 13.4. The summed E-state index contributed by atoms with van der Waals surface area (Å²) in [7, 11) is -3.45. The molecule has 2 aromatic rings. The molecule has 5 nitrogen and oxygen atoms in total. The van der Waals surface area contributed by atoms with E-state index in [1.165, 1.54) is 12.1 Å². The third-order valence-electron chi connectivity index (χ3n) is 4.46. The van der Waals surface area contributed by atoms with Crippen LogP contribution in [0, 0.1) is 5.82 Å². The second-order valence-electron chi connectivity index (χ2n) is 6.11. The molecule has 0 amide bonds. The van der Waals surface area contributed by atoms with E-state index in [0.717, 1.165) is 35.7 Å². The number of hydrogen-bond acceptors (Lipinski definition) is 2. The van der Waals surface area contributed by atoms with E-state index < -0.39 is 10.2 Å². The van der Waals surface area contributed by atoms with Crippen LogP contribution in [0.25, 0.3) is 10.9 Å². The molecular weight excluding hydrogens is 317 g/mol. The highest BCUT2D eigenvalue weighted by Crippen LogP contribution is 2.21. The maximum Gasteiger partial charge on any atom is 0.279 e. The van der Waals surface area contributed by atoms with E-state index in [-0.39, 0.29) is 11.9 Å². The summed E-state index contributed by atoms with van der Waals surface area (Å²) in [6.45, 7) is 2.82. The normalized spacial score (nSPS) is 20.2. The van der Waals surface area contributed by atoms with Crippen LogP contribution in [0.4, 0.5) is 4.39 Å². The van der Waals surface area contributed by atoms with E-state index >= 15 is 0 Å². The largest absolute Gasteiger partial charge is 0.361 e. The summed E-state index contributed by atoms with van der Waals surface area (Å²) in [4.78, 5) is 3.08. The molecule has 1 aromatic carbocycles. The molecule has 0 aliphatic carbocycles. The molecule has 7 heteroatoms. The highest BCUT2D eigenvalue weighted by Gasteiger charge is 2.28. The molecule has 23 heavy (non-hydrogen) atoms. The molecule has 1 aliphatic rings. The monoisotopic (exact) mass is 339 g/mol. The van der Waals surface area contributed by atoms with Gasteiger partial charge in [-0.3, -0.25) is 0 Å². The molecule has 0 saturated carbocycles. The SMILES string of the molecule is CC1CCCCN1S(=O)(=O)NCCc1c[nH]c2ccc(F)cc12. The van der Waals surface area contributed by atoms with Gasteiger partial charge in [0.05, 0.1) is 0 Å². The van der Waals surface area contributed by atoms with E-state index in [2.05, 4.69) is 9.71 Å². The van der Waals surface area contributed by atoms with Gasteiger partial charge in [-0.2, -0.15) is 12.7 Å². The molecule has 1 fully saturated rings. The number of benzene rings is 1. The molecule has 0 spiro atoms. The fraction of sp³-hybridized carbons (Fsp3) is 0.500. The molecular formula is C16H22FN3O2S. The van der Waals surface area contributed by atoms with Crippen LogP contribution in [-0.4, -0.2) is 36.8 Å². The van der Waals surface area contributed by atoms with E-state index in [0.29, 0.717) is 19.5 Å². The van der Waals surface area contributed by atoms with Crippen molar-refractivity contribution in [3.63, 3.8) is 0 Å². The molecule has 1 unspecified atom stereocenters. The second kappa shape index (κ2) is 6.59. The van der Waals surface area contributed by atoms with Crippen LogP contribution >= 0.6 is 0 Å². The summed E-state index contributed by atoms with van der Waals surface area (Å²) in [5, 5.41) is 0.801. The van der Waals surface area contributed by atoms with E-state index in [1.807, 2.05) is 13.1 Å². The molecule has 2 N–H and O–H groups in total. The number of aromatic nitrogens is 1. The molecule has 0 radical (unpaired) electrons. The predicted molar refractivity (Wildman–Crippen MR) is 88.9 cm³/mol. The van der Waals surface area contributed by atoms with E-state index in [1.54, 1.807) is 10.4 Å². The molecule has 2 heterocycles. The van der Waals surface area contributed by atoms with Gasteiger partial charge in [0, 0.05) is 36.2 Å². The number of hydrogen-bond donors (Lipinski definition) is 2. The lowest BCUT2D eigenvalue weighted by molar-refractivity contribution is 0.265. The predicted octanol–water partition coefficient (Wildman–Crippen LogP) is 2.56. The summed E-state index contributed by atoms with van der Waals surface area (Å²) >= 11 is 0. The van der Waals surface area contributed by atoms with Gasteiger partial charge in [-0.15, -0.1) is 0 Å². The third kappa shape index (κ3) is 3.57. The molecule has 1 aromatic heterocycles. The van der Waals surface area contributed by atoms with Gasteiger partial charge in [-0.1, -0.05) is 6.42 Å². The Labute approximate surface area is 136 Å². The lowest BCUT2D eigenvalue weighted by Gasteiger charge is -2.32. The first kappa shape index (κ1) is 16.4. The Hall–Kier alpha value is -1.44. The lowest BCUT2D eigenvalue weighted by atomic mass is 10.1. The van der Waals surface area contributed by atoms with Crippen molar-refractivity contribution in [1.82, 2.24) is 14.0 Å². The fourth-order valence-electron chi connectivity index (χ4n) is 3.18. The van der Waals surface area contributed by atoms with Crippen LogP contribution < -0.4 is 4.72 Å². The topological polar surface area (TPSA) is 65.2 Å². The standard InChI is InChI=1S/C16H22FN3O2S/c1-12-4-2-3-9-20(12)23(21,22)19-8-7-13-11-18-16-6-5-14(17)10-15(13)16/h5-6,10-12,18-19H,2-4,7-9H2,1H3. The summed E-state index contributed by atoms with van der Waals surface area (Å²) < 4.78 is 42.4.